The Kier molecular flexibility index (Phi) is 4.60. The average Bonchev–Trinajstić information content (AvgIpc) is 3.05. The molecule has 0 aliphatic rings. The summed E-state index contributed by atoms with van der Waals surface area (Å²) in [6, 6.07) is 17.9. The number of rotatable bonds is 3. The minimum Gasteiger partial charge on any atom is -0.436 e. The maximum absolute atomic E-state index is 12.5. The minimum atomic E-state index is -0.318. The highest BCUT2D eigenvalue weighted by atomic mass is 35.5. The number of carbonyl (C=O) groups is 1. The van der Waals surface area contributed by atoms with Gasteiger partial charge in [0.2, 0.25) is 5.89 Å². The Morgan fingerprint density at radius 1 is 1.04 bits per heavy atom. The molecule has 4 nitrogen and oxygen atoms in total. The minimum absolute atomic E-state index is 0.297. The quantitative estimate of drug-likeness (QED) is 0.438. The first-order valence-electron chi connectivity index (χ1n) is 8.23. The third-order valence-corrected chi connectivity index (χ3v) is 4.63. The van der Waals surface area contributed by atoms with Crippen LogP contribution in [0, 0.1) is 6.92 Å². The van der Waals surface area contributed by atoms with Crippen LogP contribution in [0.15, 0.2) is 65.1 Å². The van der Waals surface area contributed by atoms with Crippen LogP contribution in [0.4, 0.5) is 5.69 Å². The van der Waals surface area contributed by atoms with Gasteiger partial charge in [-0.25, -0.2) is 4.98 Å². The Morgan fingerprint density at radius 3 is 2.70 bits per heavy atom. The molecule has 0 atom stereocenters. The van der Waals surface area contributed by atoms with Crippen LogP contribution >= 0.6 is 23.2 Å². The highest BCUT2D eigenvalue weighted by molar-refractivity contribution is 6.37. The molecule has 1 amide bonds. The van der Waals surface area contributed by atoms with Crippen LogP contribution in [-0.2, 0) is 0 Å². The van der Waals surface area contributed by atoms with E-state index >= 15 is 0 Å². The van der Waals surface area contributed by atoms with Gasteiger partial charge in [0.25, 0.3) is 5.91 Å². The van der Waals surface area contributed by atoms with Gasteiger partial charge in [0, 0.05) is 16.3 Å². The van der Waals surface area contributed by atoms with Crippen LogP contribution < -0.4 is 5.32 Å². The van der Waals surface area contributed by atoms with Gasteiger partial charge in [-0.1, -0.05) is 35.3 Å². The van der Waals surface area contributed by atoms with Crippen molar-refractivity contribution in [2.75, 3.05) is 5.32 Å². The van der Waals surface area contributed by atoms with Crippen molar-refractivity contribution in [3.8, 4) is 11.5 Å². The van der Waals surface area contributed by atoms with Gasteiger partial charge in [-0.3, -0.25) is 4.79 Å². The fourth-order valence-electron chi connectivity index (χ4n) is 2.76. The molecule has 0 saturated carbocycles. The number of oxazole rings is 1. The molecule has 0 aliphatic heterocycles. The highest BCUT2D eigenvalue weighted by Gasteiger charge is 2.13. The Hall–Kier alpha value is -2.82. The molecule has 0 spiro atoms. The number of fused-ring (bicyclic) bond motifs is 1. The number of benzene rings is 3. The maximum atomic E-state index is 12.5. The molecular formula is C21H14Cl2N2O2. The molecule has 0 fully saturated rings. The molecule has 134 valence electrons. The zero-order chi connectivity index (χ0) is 19.0. The topological polar surface area (TPSA) is 55.1 Å². The van der Waals surface area contributed by atoms with E-state index in [1.807, 2.05) is 37.3 Å². The number of halogens is 2. The van der Waals surface area contributed by atoms with Crippen LogP contribution in [0.1, 0.15) is 15.9 Å². The first kappa shape index (κ1) is 17.6. The van der Waals surface area contributed by atoms with E-state index in [1.165, 1.54) is 6.07 Å². The lowest BCUT2D eigenvalue weighted by molar-refractivity contribution is 0.102. The Balaban J connectivity index is 1.62. The number of aryl methyl sites for hydroxylation is 1. The summed E-state index contributed by atoms with van der Waals surface area (Å²) in [5, 5.41) is 3.61. The number of hydrogen-bond acceptors (Lipinski definition) is 3. The molecule has 1 aromatic heterocycles. The maximum Gasteiger partial charge on any atom is 0.257 e. The first-order chi connectivity index (χ1) is 13.0. The van der Waals surface area contributed by atoms with E-state index in [0.29, 0.717) is 27.2 Å². The van der Waals surface area contributed by atoms with Crippen molar-refractivity contribution in [3.63, 3.8) is 0 Å². The van der Waals surface area contributed by atoms with Crippen molar-refractivity contribution < 1.29 is 9.21 Å². The third-order valence-electron chi connectivity index (χ3n) is 4.09. The van der Waals surface area contributed by atoms with Gasteiger partial charge in [0.1, 0.15) is 5.52 Å². The van der Waals surface area contributed by atoms with Gasteiger partial charge in [-0.05, 0) is 61.0 Å². The second-order valence-corrected chi connectivity index (χ2v) is 6.99. The van der Waals surface area contributed by atoms with E-state index in [9.17, 15) is 4.79 Å². The molecule has 4 aromatic rings. The standard InChI is InChI=1S/C21H14Cl2N2O2/c1-12-5-8-19-18(9-12)25-21(27-19)13-3-2-4-15(10-13)24-20(26)16-7-6-14(22)11-17(16)23/h2-11H,1H3,(H,24,26). The van der Waals surface area contributed by atoms with Crippen LogP contribution in [0.2, 0.25) is 10.0 Å². The molecular weight excluding hydrogens is 383 g/mol. The van der Waals surface area contributed by atoms with Gasteiger partial charge in [-0.2, -0.15) is 0 Å². The van der Waals surface area contributed by atoms with E-state index in [2.05, 4.69) is 10.3 Å². The molecule has 0 bridgehead atoms. The zero-order valence-electron chi connectivity index (χ0n) is 14.3. The number of amides is 1. The zero-order valence-corrected chi connectivity index (χ0v) is 15.8. The highest BCUT2D eigenvalue weighted by Crippen LogP contribution is 2.27. The summed E-state index contributed by atoms with van der Waals surface area (Å²) in [4.78, 5) is 17.0. The van der Waals surface area contributed by atoms with E-state index in [-0.39, 0.29) is 5.91 Å². The van der Waals surface area contributed by atoms with E-state index < -0.39 is 0 Å². The largest absolute Gasteiger partial charge is 0.436 e. The van der Waals surface area contributed by atoms with Crippen molar-refractivity contribution >= 4 is 45.9 Å². The smallest absolute Gasteiger partial charge is 0.257 e. The average molecular weight is 397 g/mol. The molecule has 6 heteroatoms. The van der Waals surface area contributed by atoms with Gasteiger partial charge >= 0.3 is 0 Å². The van der Waals surface area contributed by atoms with Crippen molar-refractivity contribution in [3.05, 3.63) is 81.8 Å². The summed E-state index contributed by atoms with van der Waals surface area (Å²) < 4.78 is 5.83. The van der Waals surface area contributed by atoms with Gasteiger partial charge < -0.3 is 9.73 Å². The predicted molar refractivity (Wildman–Crippen MR) is 109 cm³/mol. The lowest BCUT2D eigenvalue weighted by atomic mass is 10.1. The van der Waals surface area contributed by atoms with E-state index in [1.54, 1.807) is 24.3 Å². The lowest BCUT2D eigenvalue weighted by Gasteiger charge is -2.08. The predicted octanol–water partition coefficient (Wildman–Crippen LogP) is 6.36. The Labute approximate surface area is 165 Å². The lowest BCUT2D eigenvalue weighted by Crippen LogP contribution is -2.12. The molecule has 3 aromatic carbocycles. The summed E-state index contributed by atoms with van der Waals surface area (Å²) in [5.74, 6) is 0.179. The molecule has 0 radical (unpaired) electrons. The molecule has 1 N–H and O–H groups in total. The van der Waals surface area contributed by atoms with Crippen molar-refractivity contribution in [1.29, 1.82) is 0 Å². The van der Waals surface area contributed by atoms with Crippen LogP contribution in [0.5, 0.6) is 0 Å². The summed E-state index contributed by atoms with van der Waals surface area (Å²) in [7, 11) is 0. The number of aromatic nitrogens is 1. The SMILES string of the molecule is Cc1ccc2oc(-c3cccc(NC(=O)c4ccc(Cl)cc4Cl)c3)nc2c1. The van der Waals surface area contributed by atoms with Crippen LogP contribution in [0.25, 0.3) is 22.6 Å². The fraction of sp³-hybridized carbons (Fsp3) is 0.0476. The first-order valence-corrected chi connectivity index (χ1v) is 8.99. The van der Waals surface area contributed by atoms with Gasteiger partial charge in [0.15, 0.2) is 5.58 Å². The van der Waals surface area contributed by atoms with E-state index in [4.69, 9.17) is 27.6 Å². The Bertz CT molecular complexity index is 1170. The second-order valence-electron chi connectivity index (χ2n) is 6.15. The number of anilines is 1. The van der Waals surface area contributed by atoms with Gasteiger partial charge in [0.05, 0.1) is 10.6 Å². The molecule has 4 rings (SSSR count). The Morgan fingerprint density at radius 2 is 1.89 bits per heavy atom. The molecule has 0 saturated heterocycles. The van der Waals surface area contributed by atoms with Crippen molar-refractivity contribution in [1.82, 2.24) is 4.98 Å². The molecule has 0 aliphatic carbocycles. The normalized spacial score (nSPS) is 10.9. The van der Waals surface area contributed by atoms with Gasteiger partial charge in [-0.15, -0.1) is 0 Å². The molecule has 0 unspecified atom stereocenters. The summed E-state index contributed by atoms with van der Waals surface area (Å²) in [6.07, 6.45) is 0. The number of carbonyl (C=O) groups excluding carboxylic acids is 1. The number of nitrogens with one attached hydrogen (secondary N) is 1. The van der Waals surface area contributed by atoms with Crippen LogP contribution in [-0.4, -0.2) is 10.9 Å². The summed E-state index contributed by atoms with van der Waals surface area (Å²) >= 11 is 12.0. The third kappa shape index (κ3) is 3.68. The molecule has 1 heterocycles. The summed E-state index contributed by atoms with van der Waals surface area (Å²) in [5.41, 5.74) is 4.36. The number of nitrogens with zero attached hydrogens (tertiary/aromatic N) is 1. The molecule has 27 heavy (non-hydrogen) atoms. The fourth-order valence-corrected chi connectivity index (χ4v) is 3.26. The van der Waals surface area contributed by atoms with E-state index in [0.717, 1.165) is 22.2 Å². The van der Waals surface area contributed by atoms with Crippen molar-refractivity contribution in [2.24, 2.45) is 0 Å². The van der Waals surface area contributed by atoms with Crippen molar-refractivity contribution in [2.45, 2.75) is 6.92 Å². The second kappa shape index (κ2) is 7.06. The summed E-state index contributed by atoms with van der Waals surface area (Å²) in [6.45, 7) is 2.01. The van der Waals surface area contributed by atoms with Crippen LogP contribution in [0.3, 0.4) is 0 Å². The monoisotopic (exact) mass is 396 g/mol. The number of hydrogen-bond donors (Lipinski definition) is 1.